The number of aliphatic imine (C=N–C) groups is 1. The largest absolute Gasteiger partial charge is 0.356 e. The van der Waals surface area contributed by atoms with Crippen LogP contribution in [-0.4, -0.2) is 61.6 Å². The SMILES string of the molecule is CN=C(NCCCN(C(C)C)C(C)C)NCCSC.I. The summed E-state index contributed by atoms with van der Waals surface area (Å²) in [6.45, 7) is 12.1. The molecule has 0 aromatic carbocycles. The molecule has 2 N–H and O–H groups in total. The van der Waals surface area contributed by atoms with E-state index in [4.69, 9.17) is 0 Å². The Morgan fingerprint density at radius 3 is 2.10 bits per heavy atom. The standard InChI is InChI=1S/C14H32N4S.HI/c1-12(2)18(13(3)4)10-7-8-16-14(15-5)17-9-11-19-6;/h12-13H,7-11H2,1-6H3,(H2,15,16,17);1H. The first-order valence-electron chi connectivity index (χ1n) is 7.22. The van der Waals surface area contributed by atoms with Gasteiger partial charge in [0.1, 0.15) is 0 Å². The van der Waals surface area contributed by atoms with Crippen LogP contribution in [0.5, 0.6) is 0 Å². The first-order valence-corrected chi connectivity index (χ1v) is 8.61. The first-order chi connectivity index (χ1) is 9.02. The van der Waals surface area contributed by atoms with Crippen molar-refractivity contribution in [3.8, 4) is 0 Å². The van der Waals surface area contributed by atoms with Crippen molar-refractivity contribution in [1.82, 2.24) is 15.5 Å². The van der Waals surface area contributed by atoms with Gasteiger partial charge in [0.15, 0.2) is 5.96 Å². The molecular weight excluding hydrogens is 383 g/mol. The molecule has 6 heteroatoms. The molecule has 0 aromatic heterocycles. The van der Waals surface area contributed by atoms with Crippen molar-refractivity contribution in [2.75, 3.05) is 38.7 Å². The Morgan fingerprint density at radius 2 is 1.65 bits per heavy atom. The molecule has 0 bridgehead atoms. The number of halogens is 1. The molecule has 0 aliphatic heterocycles. The van der Waals surface area contributed by atoms with E-state index in [1.165, 1.54) is 0 Å². The quantitative estimate of drug-likeness (QED) is 0.262. The lowest BCUT2D eigenvalue weighted by Crippen LogP contribution is -2.41. The number of nitrogens with zero attached hydrogens (tertiary/aromatic N) is 2. The zero-order valence-corrected chi connectivity index (χ0v) is 17.0. The highest BCUT2D eigenvalue weighted by molar-refractivity contribution is 14.0. The van der Waals surface area contributed by atoms with Crippen LogP contribution in [0.1, 0.15) is 34.1 Å². The van der Waals surface area contributed by atoms with E-state index in [9.17, 15) is 0 Å². The monoisotopic (exact) mass is 416 g/mol. The maximum Gasteiger partial charge on any atom is 0.191 e. The molecule has 0 atom stereocenters. The van der Waals surface area contributed by atoms with Crippen LogP contribution in [0, 0.1) is 0 Å². The van der Waals surface area contributed by atoms with Crippen LogP contribution in [0.25, 0.3) is 0 Å². The summed E-state index contributed by atoms with van der Waals surface area (Å²) in [5.41, 5.74) is 0. The van der Waals surface area contributed by atoms with Crippen LogP contribution in [0.3, 0.4) is 0 Å². The number of guanidine groups is 1. The fraction of sp³-hybridized carbons (Fsp3) is 0.929. The van der Waals surface area contributed by atoms with Gasteiger partial charge in [-0.05, 0) is 40.4 Å². The summed E-state index contributed by atoms with van der Waals surface area (Å²) in [7, 11) is 1.82. The minimum absolute atomic E-state index is 0. The summed E-state index contributed by atoms with van der Waals surface area (Å²) in [5, 5.41) is 6.67. The Balaban J connectivity index is 0. The molecule has 4 nitrogen and oxygen atoms in total. The number of thioether (sulfide) groups is 1. The Kier molecular flexibility index (Phi) is 16.1. The average molecular weight is 416 g/mol. The second-order valence-electron chi connectivity index (χ2n) is 5.20. The highest BCUT2D eigenvalue weighted by Gasteiger charge is 2.12. The molecule has 0 aliphatic carbocycles. The fourth-order valence-corrected chi connectivity index (χ4v) is 2.38. The van der Waals surface area contributed by atoms with Crippen LogP contribution >= 0.6 is 35.7 Å². The van der Waals surface area contributed by atoms with Gasteiger partial charge in [0, 0.05) is 44.5 Å². The van der Waals surface area contributed by atoms with Gasteiger partial charge in [0.2, 0.25) is 0 Å². The van der Waals surface area contributed by atoms with Gasteiger partial charge in [0.05, 0.1) is 0 Å². The van der Waals surface area contributed by atoms with Crippen LogP contribution in [0.4, 0.5) is 0 Å². The number of hydrogen-bond donors (Lipinski definition) is 2. The Hall–Kier alpha value is 0.310. The van der Waals surface area contributed by atoms with Crippen LogP contribution < -0.4 is 10.6 Å². The van der Waals surface area contributed by atoms with E-state index in [1.54, 1.807) is 0 Å². The summed E-state index contributed by atoms with van der Waals surface area (Å²) in [5.74, 6) is 2.02. The number of nitrogens with one attached hydrogen (secondary N) is 2. The topological polar surface area (TPSA) is 39.7 Å². The number of hydrogen-bond acceptors (Lipinski definition) is 3. The van der Waals surface area contributed by atoms with Crippen molar-refractivity contribution in [2.45, 2.75) is 46.2 Å². The summed E-state index contributed by atoms with van der Waals surface area (Å²) < 4.78 is 0. The van der Waals surface area contributed by atoms with E-state index in [0.29, 0.717) is 12.1 Å². The van der Waals surface area contributed by atoms with Crippen molar-refractivity contribution in [3.05, 3.63) is 0 Å². The maximum absolute atomic E-state index is 4.22. The van der Waals surface area contributed by atoms with Gasteiger partial charge >= 0.3 is 0 Å². The molecule has 0 spiro atoms. The van der Waals surface area contributed by atoms with Gasteiger partial charge in [-0.3, -0.25) is 9.89 Å². The van der Waals surface area contributed by atoms with Gasteiger partial charge in [-0.15, -0.1) is 24.0 Å². The molecule has 0 saturated carbocycles. The van der Waals surface area contributed by atoms with E-state index in [2.05, 4.69) is 54.5 Å². The summed E-state index contributed by atoms with van der Waals surface area (Å²) >= 11 is 1.84. The third-order valence-corrected chi connectivity index (χ3v) is 3.65. The van der Waals surface area contributed by atoms with E-state index in [-0.39, 0.29) is 24.0 Å². The molecule has 122 valence electrons. The molecular formula is C14H33IN4S. The normalized spacial score (nSPS) is 11.9. The molecule has 0 aliphatic rings. The number of rotatable bonds is 9. The second kappa shape index (κ2) is 14.3. The van der Waals surface area contributed by atoms with Crippen LogP contribution in [0.15, 0.2) is 4.99 Å². The van der Waals surface area contributed by atoms with Gasteiger partial charge < -0.3 is 10.6 Å². The van der Waals surface area contributed by atoms with Gasteiger partial charge in [0.25, 0.3) is 0 Å². The first kappa shape index (κ1) is 22.6. The lowest BCUT2D eigenvalue weighted by molar-refractivity contribution is 0.173. The molecule has 0 heterocycles. The molecule has 0 saturated heterocycles. The zero-order valence-electron chi connectivity index (χ0n) is 13.9. The van der Waals surface area contributed by atoms with E-state index in [1.807, 2.05) is 18.8 Å². The van der Waals surface area contributed by atoms with Crippen molar-refractivity contribution in [3.63, 3.8) is 0 Å². The second-order valence-corrected chi connectivity index (χ2v) is 6.18. The maximum atomic E-state index is 4.22. The molecule has 0 amide bonds. The van der Waals surface area contributed by atoms with E-state index >= 15 is 0 Å². The predicted molar refractivity (Wildman–Crippen MR) is 105 cm³/mol. The third-order valence-electron chi connectivity index (χ3n) is 3.03. The molecule has 0 rings (SSSR count). The summed E-state index contributed by atoms with van der Waals surface area (Å²) in [4.78, 5) is 6.74. The van der Waals surface area contributed by atoms with E-state index < -0.39 is 0 Å². The minimum atomic E-state index is 0. The van der Waals surface area contributed by atoms with Crippen LogP contribution in [-0.2, 0) is 0 Å². The molecule has 0 fully saturated rings. The smallest absolute Gasteiger partial charge is 0.191 e. The van der Waals surface area contributed by atoms with Crippen molar-refractivity contribution >= 4 is 41.7 Å². The van der Waals surface area contributed by atoms with Crippen molar-refractivity contribution < 1.29 is 0 Å². The minimum Gasteiger partial charge on any atom is -0.356 e. The van der Waals surface area contributed by atoms with Gasteiger partial charge in [-0.1, -0.05) is 0 Å². The predicted octanol–water partition coefficient (Wildman–Crippen LogP) is 2.64. The molecule has 0 aromatic rings. The lowest BCUT2D eigenvalue weighted by atomic mass is 10.2. The third kappa shape index (κ3) is 11.0. The lowest BCUT2D eigenvalue weighted by Gasteiger charge is -2.30. The fourth-order valence-electron chi connectivity index (χ4n) is 2.07. The van der Waals surface area contributed by atoms with Crippen molar-refractivity contribution in [1.29, 1.82) is 0 Å². The Bertz CT molecular complexity index is 239. The Morgan fingerprint density at radius 1 is 1.10 bits per heavy atom. The highest BCUT2D eigenvalue weighted by atomic mass is 127. The molecule has 0 radical (unpaired) electrons. The summed E-state index contributed by atoms with van der Waals surface area (Å²) in [6.07, 6.45) is 3.25. The zero-order chi connectivity index (χ0) is 14.7. The van der Waals surface area contributed by atoms with Gasteiger partial charge in [-0.2, -0.15) is 11.8 Å². The average Bonchev–Trinajstić information content (AvgIpc) is 2.35. The highest BCUT2D eigenvalue weighted by Crippen LogP contribution is 2.05. The summed E-state index contributed by atoms with van der Waals surface area (Å²) in [6, 6.07) is 1.22. The molecule has 0 unspecified atom stereocenters. The van der Waals surface area contributed by atoms with Crippen LogP contribution in [0.2, 0.25) is 0 Å². The molecule has 20 heavy (non-hydrogen) atoms. The Labute approximate surface area is 147 Å². The van der Waals surface area contributed by atoms with Crippen molar-refractivity contribution in [2.24, 2.45) is 4.99 Å². The van der Waals surface area contributed by atoms with E-state index in [0.717, 1.165) is 37.8 Å². The van der Waals surface area contributed by atoms with Gasteiger partial charge in [-0.25, -0.2) is 0 Å².